The van der Waals surface area contributed by atoms with E-state index in [-0.39, 0.29) is 17.3 Å². The minimum absolute atomic E-state index is 0.0107. The highest BCUT2D eigenvalue weighted by molar-refractivity contribution is 6.10. The van der Waals surface area contributed by atoms with Crippen LogP contribution < -0.4 is 0 Å². The summed E-state index contributed by atoms with van der Waals surface area (Å²) in [5.41, 5.74) is 8.48. The zero-order valence-electron chi connectivity index (χ0n) is 29.3. The predicted molar refractivity (Wildman–Crippen MR) is 213 cm³/mol. The molecule has 0 aliphatic rings. The number of carbonyl (C=O) groups is 3. The highest BCUT2D eigenvalue weighted by atomic mass is 16.1. The molecular formula is C48H42O3. The number of hydrogen-bond donors (Lipinski definition) is 0. The Morgan fingerprint density at radius 1 is 0.314 bits per heavy atom. The number of benzene rings is 6. The summed E-state index contributed by atoms with van der Waals surface area (Å²) >= 11 is 0. The maximum absolute atomic E-state index is 12.6. The fraction of sp³-hybridized carbons (Fsp3) is 0.0625. The Balaban J connectivity index is 0.000000192. The van der Waals surface area contributed by atoms with Gasteiger partial charge in [-0.3, -0.25) is 14.4 Å². The van der Waals surface area contributed by atoms with Crippen LogP contribution in [0.25, 0.3) is 16.7 Å². The molecule has 0 spiro atoms. The van der Waals surface area contributed by atoms with Gasteiger partial charge in [0.25, 0.3) is 0 Å². The van der Waals surface area contributed by atoms with Crippen LogP contribution in [0.4, 0.5) is 0 Å². The molecule has 0 N–H and O–H groups in total. The summed E-state index contributed by atoms with van der Waals surface area (Å²) in [6.45, 7) is 5.59. The zero-order valence-corrected chi connectivity index (χ0v) is 29.3. The lowest BCUT2D eigenvalue weighted by Gasteiger charge is -2.07. The summed E-state index contributed by atoms with van der Waals surface area (Å²) < 4.78 is 0. The summed E-state index contributed by atoms with van der Waals surface area (Å²) in [5, 5.41) is 0. The van der Waals surface area contributed by atoms with Crippen molar-refractivity contribution in [3.05, 3.63) is 234 Å². The molecule has 6 rings (SSSR count). The average Bonchev–Trinajstić information content (AvgIpc) is 3.20. The van der Waals surface area contributed by atoms with Gasteiger partial charge in [-0.05, 0) is 66.3 Å². The topological polar surface area (TPSA) is 51.2 Å². The van der Waals surface area contributed by atoms with Gasteiger partial charge in [-0.25, -0.2) is 0 Å². The average molecular weight is 667 g/mol. The van der Waals surface area contributed by atoms with Gasteiger partial charge in [0.05, 0.1) is 0 Å². The summed E-state index contributed by atoms with van der Waals surface area (Å²) in [6, 6.07) is 58.0. The standard InChI is InChI=1S/C24H20O.C16H14O.C8H8O/c1-19(20-11-5-2-6-12-20)17-23(21-13-7-3-8-14-21)18-24(25)22-15-9-4-10-16-22;1-13(14-8-4-2-5-9-14)12-16(17)15-10-6-3-7-11-15;1-7(9)8-5-3-2-4-6-8/h2-18H,1H3;2-12H,1H3;2-6H,1H3/b19-17+,23-18-;13-12+;. The SMILES string of the molecule is C/C(=C\C(=C\C(=O)c1ccccc1)c1ccccc1)c1ccccc1.C/C(=C\C(=O)c1ccccc1)c1ccccc1.CC(=O)c1ccccc1. The summed E-state index contributed by atoms with van der Waals surface area (Å²) in [5.74, 6) is 0.180. The third-order valence-electron chi connectivity index (χ3n) is 7.87. The van der Waals surface area contributed by atoms with Crippen LogP contribution in [0, 0.1) is 0 Å². The van der Waals surface area contributed by atoms with Crippen molar-refractivity contribution in [2.24, 2.45) is 0 Å². The molecule has 0 unspecified atom stereocenters. The second kappa shape index (κ2) is 20.2. The van der Waals surface area contributed by atoms with E-state index in [0.29, 0.717) is 5.56 Å². The second-order valence-electron chi connectivity index (χ2n) is 11.7. The van der Waals surface area contributed by atoms with Gasteiger partial charge in [-0.2, -0.15) is 0 Å². The van der Waals surface area contributed by atoms with Gasteiger partial charge in [-0.1, -0.05) is 188 Å². The Hall–Kier alpha value is -6.45. The Morgan fingerprint density at radius 2 is 0.588 bits per heavy atom. The number of allylic oxidation sites excluding steroid dienone is 6. The Morgan fingerprint density at radius 3 is 0.922 bits per heavy atom. The largest absolute Gasteiger partial charge is 0.295 e. The minimum atomic E-state index is 0.0107. The van der Waals surface area contributed by atoms with E-state index in [1.54, 1.807) is 19.1 Å². The van der Waals surface area contributed by atoms with Crippen molar-refractivity contribution in [1.29, 1.82) is 0 Å². The van der Waals surface area contributed by atoms with Crippen LogP contribution in [-0.2, 0) is 0 Å². The van der Waals surface area contributed by atoms with Gasteiger partial charge >= 0.3 is 0 Å². The van der Waals surface area contributed by atoms with E-state index in [9.17, 15) is 14.4 Å². The molecule has 252 valence electrons. The van der Waals surface area contributed by atoms with Gasteiger partial charge in [-0.15, -0.1) is 0 Å². The number of hydrogen-bond acceptors (Lipinski definition) is 3. The van der Waals surface area contributed by atoms with E-state index in [0.717, 1.165) is 44.5 Å². The Kier molecular flexibility index (Phi) is 14.8. The van der Waals surface area contributed by atoms with Crippen LogP contribution in [0.15, 0.2) is 200 Å². The summed E-state index contributed by atoms with van der Waals surface area (Å²) in [4.78, 5) is 35.2. The fourth-order valence-corrected chi connectivity index (χ4v) is 5.02. The van der Waals surface area contributed by atoms with Crippen molar-refractivity contribution in [3.63, 3.8) is 0 Å². The molecule has 0 aliphatic carbocycles. The van der Waals surface area contributed by atoms with Crippen molar-refractivity contribution in [1.82, 2.24) is 0 Å². The van der Waals surface area contributed by atoms with Crippen molar-refractivity contribution in [2.75, 3.05) is 0 Å². The molecule has 6 aromatic carbocycles. The van der Waals surface area contributed by atoms with Gasteiger partial charge < -0.3 is 0 Å². The number of Topliss-reactive ketones (excluding diaryl/α,β-unsaturated/α-hetero) is 1. The van der Waals surface area contributed by atoms with Crippen LogP contribution in [-0.4, -0.2) is 17.3 Å². The first-order valence-corrected chi connectivity index (χ1v) is 16.8. The van der Waals surface area contributed by atoms with E-state index < -0.39 is 0 Å². The van der Waals surface area contributed by atoms with Gasteiger partial charge in [0.15, 0.2) is 17.3 Å². The van der Waals surface area contributed by atoms with Gasteiger partial charge in [0.2, 0.25) is 0 Å². The third kappa shape index (κ3) is 12.5. The highest BCUT2D eigenvalue weighted by Gasteiger charge is 2.07. The maximum Gasteiger partial charge on any atom is 0.186 e. The highest BCUT2D eigenvalue weighted by Crippen LogP contribution is 2.23. The molecule has 0 bridgehead atoms. The van der Waals surface area contributed by atoms with E-state index in [2.05, 4.69) is 25.1 Å². The molecule has 6 aromatic rings. The normalized spacial score (nSPS) is 11.2. The first-order valence-electron chi connectivity index (χ1n) is 16.8. The van der Waals surface area contributed by atoms with Gasteiger partial charge in [0.1, 0.15) is 0 Å². The molecule has 0 radical (unpaired) electrons. The van der Waals surface area contributed by atoms with Crippen molar-refractivity contribution >= 4 is 34.1 Å². The lowest BCUT2D eigenvalue weighted by molar-refractivity contribution is 0.101. The van der Waals surface area contributed by atoms with Gasteiger partial charge in [0, 0.05) is 16.7 Å². The first-order chi connectivity index (χ1) is 24.8. The molecule has 0 saturated carbocycles. The molecule has 0 aromatic heterocycles. The molecule has 0 heterocycles. The lowest BCUT2D eigenvalue weighted by Crippen LogP contribution is -1.96. The second-order valence-corrected chi connectivity index (χ2v) is 11.7. The Labute approximate surface area is 302 Å². The number of ketones is 3. The predicted octanol–water partition coefficient (Wildman–Crippen LogP) is 11.9. The molecule has 3 heteroatoms. The first kappa shape index (κ1) is 37.4. The summed E-state index contributed by atoms with van der Waals surface area (Å²) in [6.07, 6.45) is 5.48. The molecule has 3 nitrogen and oxygen atoms in total. The van der Waals surface area contributed by atoms with Crippen LogP contribution in [0.3, 0.4) is 0 Å². The van der Waals surface area contributed by atoms with Crippen LogP contribution in [0.5, 0.6) is 0 Å². The van der Waals surface area contributed by atoms with E-state index in [1.165, 1.54) is 0 Å². The molecule has 0 fully saturated rings. The van der Waals surface area contributed by atoms with Crippen LogP contribution in [0.1, 0.15) is 68.5 Å². The monoisotopic (exact) mass is 666 g/mol. The molecular weight excluding hydrogens is 625 g/mol. The van der Waals surface area contributed by atoms with Crippen LogP contribution >= 0.6 is 0 Å². The van der Waals surface area contributed by atoms with Crippen LogP contribution in [0.2, 0.25) is 0 Å². The maximum atomic E-state index is 12.6. The quantitative estimate of drug-likeness (QED) is 0.0876. The smallest absolute Gasteiger partial charge is 0.186 e. The molecule has 51 heavy (non-hydrogen) atoms. The van der Waals surface area contributed by atoms with E-state index in [4.69, 9.17) is 0 Å². The van der Waals surface area contributed by atoms with Crippen molar-refractivity contribution in [3.8, 4) is 0 Å². The zero-order chi connectivity index (χ0) is 36.3. The minimum Gasteiger partial charge on any atom is -0.295 e. The molecule has 0 amide bonds. The molecule has 0 saturated heterocycles. The summed E-state index contributed by atoms with van der Waals surface area (Å²) in [7, 11) is 0. The number of carbonyl (C=O) groups excluding carboxylic acids is 3. The fourth-order valence-electron chi connectivity index (χ4n) is 5.02. The number of rotatable bonds is 9. The molecule has 0 atom stereocenters. The van der Waals surface area contributed by atoms with E-state index >= 15 is 0 Å². The lowest BCUT2D eigenvalue weighted by atomic mass is 9.97. The van der Waals surface area contributed by atoms with E-state index in [1.807, 2.05) is 177 Å². The Bertz CT molecular complexity index is 2060. The van der Waals surface area contributed by atoms with Crippen molar-refractivity contribution < 1.29 is 14.4 Å². The third-order valence-corrected chi connectivity index (χ3v) is 7.87. The molecule has 0 aliphatic heterocycles. The van der Waals surface area contributed by atoms with Crippen molar-refractivity contribution in [2.45, 2.75) is 20.8 Å².